The van der Waals surface area contributed by atoms with Crippen LogP contribution in [0.25, 0.3) is 0 Å². The maximum atomic E-state index is 11.4. The monoisotopic (exact) mass is 282 g/mol. The van der Waals surface area contributed by atoms with Gasteiger partial charge in [-0.05, 0) is 32.4 Å². The zero-order valence-electron chi connectivity index (χ0n) is 11.6. The van der Waals surface area contributed by atoms with Crippen molar-refractivity contribution in [1.82, 2.24) is 15.2 Å². The quantitative estimate of drug-likeness (QED) is 0.860. The van der Waals surface area contributed by atoms with Gasteiger partial charge in [0, 0.05) is 18.5 Å². The van der Waals surface area contributed by atoms with Gasteiger partial charge in [-0.1, -0.05) is 6.92 Å². The van der Waals surface area contributed by atoms with Crippen LogP contribution in [0.2, 0.25) is 0 Å². The number of rotatable bonds is 5. The number of nitrogens with one attached hydrogen (secondary N) is 2. The number of thiazole rings is 1. The van der Waals surface area contributed by atoms with Crippen LogP contribution in [-0.2, 0) is 11.3 Å². The number of nitrogens with zero attached hydrogens (tertiary/aromatic N) is 2. The van der Waals surface area contributed by atoms with Crippen LogP contribution in [0.4, 0.5) is 5.13 Å². The molecule has 1 aliphatic rings. The second-order valence-electron chi connectivity index (χ2n) is 5.21. The van der Waals surface area contributed by atoms with Crippen molar-refractivity contribution in [1.29, 1.82) is 0 Å². The summed E-state index contributed by atoms with van der Waals surface area (Å²) in [7, 11) is 1.75. The first-order chi connectivity index (χ1) is 9.17. The van der Waals surface area contributed by atoms with E-state index in [0.717, 1.165) is 31.2 Å². The third kappa shape index (κ3) is 4.56. The fourth-order valence-corrected chi connectivity index (χ4v) is 3.14. The summed E-state index contributed by atoms with van der Waals surface area (Å²) in [5.41, 5.74) is 1.05. The number of anilines is 1. The molecule has 1 unspecified atom stereocenters. The van der Waals surface area contributed by atoms with Gasteiger partial charge in [-0.2, -0.15) is 0 Å². The number of hydrogen-bond acceptors (Lipinski definition) is 5. The molecule has 0 saturated carbocycles. The van der Waals surface area contributed by atoms with Gasteiger partial charge in [0.1, 0.15) is 0 Å². The Hall–Kier alpha value is -0.980. The molecular weight excluding hydrogens is 260 g/mol. The van der Waals surface area contributed by atoms with Crippen LogP contribution in [0.1, 0.15) is 25.5 Å². The largest absolute Gasteiger partial charge is 0.311 e. The summed E-state index contributed by atoms with van der Waals surface area (Å²) in [5, 5.41) is 8.35. The van der Waals surface area contributed by atoms with E-state index < -0.39 is 0 Å². The second kappa shape index (κ2) is 6.98. The molecule has 0 radical (unpaired) electrons. The van der Waals surface area contributed by atoms with Crippen molar-refractivity contribution in [2.24, 2.45) is 5.92 Å². The Labute approximate surface area is 118 Å². The van der Waals surface area contributed by atoms with Crippen LogP contribution in [0.3, 0.4) is 0 Å². The molecule has 6 heteroatoms. The predicted octanol–water partition coefficient (Wildman–Crippen LogP) is 1.53. The smallest absolute Gasteiger partial charge is 0.240 e. The number of hydrogen-bond donors (Lipinski definition) is 2. The molecule has 2 heterocycles. The summed E-state index contributed by atoms with van der Waals surface area (Å²) >= 11 is 1.50. The number of amides is 1. The van der Waals surface area contributed by atoms with E-state index in [1.807, 2.05) is 5.38 Å². The first-order valence-corrected chi connectivity index (χ1v) is 7.66. The molecule has 1 amide bonds. The van der Waals surface area contributed by atoms with Crippen LogP contribution in [0.15, 0.2) is 5.38 Å². The number of likely N-dealkylation sites (tertiary alicyclic amines) is 1. The SMILES string of the molecule is CNCC(=O)Nc1nc(CN2CCCC(C)C2)cs1. The van der Waals surface area contributed by atoms with Crippen LogP contribution >= 0.6 is 11.3 Å². The van der Waals surface area contributed by atoms with Crippen molar-refractivity contribution in [3.63, 3.8) is 0 Å². The molecule has 1 aromatic heterocycles. The van der Waals surface area contributed by atoms with Crippen LogP contribution in [0, 0.1) is 5.92 Å². The lowest BCUT2D eigenvalue weighted by Gasteiger charge is -2.30. The van der Waals surface area contributed by atoms with Crippen LogP contribution in [0.5, 0.6) is 0 Å². The Kier molecular flexibility index (Phi) is 5.30. The molecule has 2 rings (SSSR count). The second-order valence-corrected chi connectivity index (χ2v) is 6.06. The normalized spacial score (nSPS) is 20.4. The molecular formula is C13H22N4OS. The average Bonchev–Trinajstić information content (AvgIpc) is 2.76. The minimum absolute atomic E-state index is 0.0463. The first-order valence-electron chi connectivity index (χ1n) is 6.78. The number of piperidine rings is 1. The first kappa shape index (κ1) is 14.4. The van der Waals surface area contributed by atoms with Crippen molar-refractivity contribution in [3.05, 3.63) is 11.1 Å². The highest BCUT2D eigenvalue weighted by Gasteiger charge is 2.17. The molecule has 0 bridgehead atoms. The summed E-state index contributed by atoms with van der Waals surface area (Å²) in [6, 6.07) is 0. The van der Waals surface area contributed by atoms with E-state index in [1.54, 1.807) is 7.05 Å². The number of carbonyl (C=O) groups is 1. The predicted molar refractivity (Wildman–Crippen MR) is 78.3 cm³/mol. The average molecular weight is 282 g/mol. The molecule has 0 aromatic carbocycles. The summed E-state index contributed by atoms with van der Waals surface area (Å²) in [5.74, 6) is 0.734. The topological polar surface area (TPSA) is 57.3 Å². The van der Waals surface area contributed by atoms with Crippen molar-refractivity contribution >= 4 is 22.4 Å². The Morgan fingerprint density at radius 2 is 2.47 bits per heavy atom. The van der Waals surface area contributed by atoms with E-state index in [2.05, 4.69) is 27.4 Å². The standard InChI is InChI=1S/C13H22N4OS/c1-10-4-3-5-17(7-10)8-11-9-19-13(15-11)16-12(18)6-14-2/h9-10,14H,3-8H2,1-2H3,(H,15,16,18). The van der Waals surface area contributed by atoms with Gasteiger partial charge in [-0.25, -0.2) is 4.98 Å². The van der Waals surface area contributed by atoms with E-state index in [1.165, 1.54) is 24.2 Å². The van der Waals surface area contributed by atoms with Gasteiger partial charge in [-0.3, -0.25) is 9.69 Å². The molecule has 1 atom stereocenters. The van der Waals surface area contributed by atoms with E-state index in [-0.39, 0.29) is 5.91 Å². The minimum atomic E-state index is -0.0463. The van der Waals surface area contributed by atoms with E-state index in [4.69, 9.17) is 0 Å². The van der Waals surface area contributed by atoms with Crippen LogP contribution in [-0.4, -0.2) is 42.5 Å². The van der Waals surface area contributed by atoms with Crippen molar-refractivity contribution in [3.8, 4) is 0 Å². The Bertz CT molecular complexity index is 421. The summed E-state index contributed by atoms with van der Waals surface area (Å²) in [6.07, 6.45) is 2.61. The fourth-order valence-electron chi connectivity index (χ4n) is 2.42. The van der Waals surface area contributed by atoms with Crippen molar-refractivity contribution in [2.75, 3.05) is 32.0 Å². The summed E-state index contributed by atoms with van der Waals surface area (Å²) in [4.78, 5) is 18.4. The summed E-state index contributed by atoms with van der Waals surface area (Å²) < 4.78 is 0. The maximum Gasteiger partial charge on any atom is 0.240 e. The van der Waals surface area contributed by atoms with Crippen LogP contribution < -0.4 is 10.6 Å². The molecule has 5 nitrogen and oxygen atoms in total. The molecule has 0 aliphatic carbocycles. The molecule has 1 aromatic rings. The van der Waals surface area contributed by atoms with Gasteiger partial charge in [0.05, 0.1) is 12.2 Å². The third-order valence-corrected chi connectivity index (χ3v) is 4.07. The van der Waals surface area contributed by atoms with Crippen molar-refractivity contribution < 1.29 is 4.79 Å². The number of likely N-dealkylation sites (N-methyl/N-ethyl adjacent to an activating group) is 1. The lowest BCUT2D eigenvalue weighted by atomic mass is 10.0. The van der Waals surface area contributed by atoms with Gasteiger partial charge < -0.3 is 10.6 Å². The molecule has 19 heavy (non-hydrogen) atoms. The highest BCUT2D eigenvalue weighted by molar-refractivity contribution is 7.13. The molecule has 1 aliphatic heterocycles. The minimum Gasteiger partial charge on any atom is -0.311 e. The molecule has 1 saturated heterocycles. The molecule has 106 valence electrons. The Morgan fingerprint density at radius 3 is 3.21 bits per heavy atom. The molecule has 2 N–H and O–H groups in total. The van der Waals surface area contributed by atoms with Crippen molar-refractivity contribution in [2.45, 2.75) is 26.3 Å². The van der Waals surface area contributed by atoms with Gasteiger partial charge in [-0.15, -0.1) is 11.3 Å². The van der Waals surface area contributed by atoms with E-state index in [9.17, 15) is 4.79 Å². The number of aromatic nitrogens is 1. The highest BCUT2D eigenvalue weighted by Crippen LogP contribution is 2.20. The van der Waals surface area contributed by atoms with Gasteiger partial charge >= 0.3 is 0 Å². The third-order valence-electron chi connectivity index (χ3n) is 3.26. The number of carbonyl (C=O) groups excluding carboxylic acids is 1. The highest BCUT2D eigenvalue weighted by atomic mass is 32.1. The fraction of sp³-hybridized carbons (Fsp3) is 0.692. The van der Waals surface area contributed by atoms with Gasteiger partial charge in [0.15, 0.2) is 5.13 Å². The molecule has 0 spiro atoms. The lowest BCUT2D eigenvalue weighted by molar-refractivity contribution is -0.115. The molecule has 1 fully saturated rings. The Balaban J connectivity index is 1.84. The van der Waals surface area contributed by atoms with Gasteiger partial charge in [0.25, 0.3) is 0 Å². The summed E-state index contributed by atoms with van der Waals surface area (Å²) in [6.45, 7) is 5.82. The lowest BCUT2D eigenvalue weighted by Crippen LogP contribution is -2.33. The van der Waals surface area contributed by atoms with Gasteiger partial charge in [0.2, 0.25) is 5.91 Å². The zero-order chi connectivity index (χ0) is 13.7. The maximum absolute atomic E-state index is 11.4. The van der Waals surface area contributed by atoms with E-state index in [0.29, 0.717) is 11.7 Å². The van der Waals surface area contributed by atoms with E-state index >= 15 is 0 Å². The zero-order valence-corrected chi connectivity index (χ0v) is 12.4. The Morgan fingerprint density at radius 1 is 1.63 bits per heavy atom.